The van der Waals surface area contributed by atoms with E-state index in [0.717, 1.165) is 0 Å². The Balaban J connectivity index is 2.05. The van der Waals surface area contributed by atoms with Gasteiger partial charge in [0.15, 0.2) is 0 Å². The molecule has 0 radical (unpaired) electrons. The molecule has 0 fully saturated rings. The maximum Gasteiger partial charge on any atom is 0.0228 e. The van der Waals surface area contributed by atoms with Crippen LogP contribution in [0.25, 0.3) is 11.1 Å². The van der Waals surface area contributed by atoms with Crippen molar-refractivity contribution in [1.82, 2.24) is 4.98 Å². The van der Waals surface area contributed by atoms with Gasteiger partial charge in [0.05, 0.1) is 0 Å². The molecule has 0 saturated carbocycles. The summed E-state index contributed by atoms with van der Waals surface area (Å²) >= 11 is 0. The van der Waals surface area contributed by atoms with Gasteiger partial charge in [0.1, 0.15) is 0 Å². The summed E-state index contributed by atoms with van der Waals surface area (Å²) in [5, 5.41) is 0. The summed E-state index contributed by atoms with van der Waals surface area (Å²) in [5.74, 6) is 0. The van der Waals surface area contributed by atoms with Gasteiger partial charge in [-0.15, -0.1) is 0 Å². The van der Waals surface area contributed by atoms with E-state index in [-0.39, 0.29) is 0 Å². The lowest BCUT2D eigenvalue weighted by molar-refractivity contribution is 0.653. The van der Waals surface area contributed by atoms with E-state index in [4.69, 9.17) is 0 Å². The van der Waals surface area contributed by atoms with Crippen LogP contribution < -0.4 is 0 Å². The van der Waals surface area contributed by atoms with Crippen molar-refractivity contribution >= 4 is 0 Å². The van der Waals surface area contributed by atoms with Crippen LogP contribution >= 0.6 is 0 Å². The van der Waals surface area contributed by atoms with Crippen molar-refractivity contribution in [2.24, 2.45) is 0 Å². The lowest BCUT2D eigenvalue weighted by Crippen LogP contribution is -1.91. The largest absolute Gasteiger partial charge is 0.362 e. The maximum atomic E-state index is 3.73. The quantitative estimate of drug-likeness (QED) is 0.433. The lowest BCUT2D eigenvalue weighted by atomic mass is 10.0. The van der Waals surface area contributed by atoms with Crippen LogP contribution in [0.4, 0.5) is 0 Å². The van der Waals surface area contributed by atoms with Gasteiger partial charge in [-0.2, -0.15) is 0 Å². The minimum absolute atomic E-state index is 1.18. The van der Waals surface area contributed by atoms with Crippen LogP contribution in [0.1, 0.15) is 76.6 Å². The summed E-state index contributed by atoms with van der Waals surface area (Å²) < 4.78 is 0. The lowest BCUT2D eigenvalue weighted by Gasteiger charge is -2.04. The van der Waals surface area contributed by atoms with Crippen LogP contribution in [0.5, 0.6) is 0 Å². The van der Waals surface area contributed by atoms with Crippen molar-refractivity contribution in [3.05, 3.63) is 47.8 Å². The van der Waals surface area contributed by atoms with Crippen LogP contribution in [0, 0.1) is 0 Å². The first-order chi connectivity index (χ1) is 11.3. The molecule has 1 nitrogen and oxygen atoms in total. The van der Waals surface area contributed by atoms with Crippen LogP contribution in [0.15, 0.2) is 36.4 Å². The van der Waals surface area contributed by atoms with Gasteiger partial charge in [-0.3, -0.25) is 0 Å². The Morgan fingerprint density at radius 2 is 1.39 bits per heavy atom. The van der Waals surface area contributed by atoms with Gasteiger partial charge in [0.25, 0.3) is 0 Å². The number of aromatic nitrogens is 1. The van der Waals surface area contributed by atoms with Crippen molar-refractivity contribution in [3.8, 4) is 11.1 Å². The second-order valence-corrected chi connectivity index (χ2v) is 6.67. The van der Waals surface area contributed by atoms with Crippen LogP contribution in [0.3, 0.4) is 0 Å². The Hall–Kier alpha value is -1.50. The smallest absolute Gasteiger partial charge is 0.0228 e. The first-order valence-electron chi connectivity index (χ1n) is 9.61. The van der Waals surface area contributed by atoms with Crippen LogP contribution in [-0.2, 0) is 12.8 Å². The Labute approximate surface area is 142 Å². The molecule has 1 aromatic heterocycles. The van der Waals surface area contributed by atoms with E-state index in [1.807, 2.05) is 0 Å². The summed E-state index contributed by atoms with van der Waals surface area (Å²) in [7, 11) is 0. The molecule has 0 amide bonds. The molecule has 0 unspecified atom stereocenters. The third kappa shape index (κ3) is 5.89. The summed E-state index contributed by atoms with van der Waals surface area (Å²) in [6.07, 6.45) is 13.0. The Bertz CT molecular complexity index is 538. The zero-order valence-electron chi connectivity index (χ0n) is 15.0. The van der Waals surface area contributed by atoms with E-state index < -0.39 is 0 Å². The predicted molar refractivity (Wildman–Crippen MR) is 102 cm³/mol. The zero-order valence-corrected chi connectivity index (χ0v) is 15.0. The molecule has 2 aromatic rings. The molecule has 1 N–H and O–H groups in total. The molecular weight excluding hydrogens is 278 g/mol. The molecule has 2 rings (SSSR count). The topological polar surface area (TPSA) is 15.8 Å². The average molecular weight is 312 g/mol. The Kier molecular flexibility index (Phi) is 8.00. The summed E-state index contributed by atoms with van der Waals surface area (Å²) in [6.45, 7) is 4.55. The highest BCUT2D eigenvalue weighted by atomic mass is 14.7. The van der Waals surface area contributed by atoms with Gasteiger partial charge in [0.2, 0.25) is 0 Å². The highest BCUT2D eigenvalue weighted by molar-refractivity contribution is 5.67. The molecule has 1 heterocycles. The SMILES string of the molecule is CCCCCCc1cc(-c2ccccc2)c(CCCCCC)[nH]1. The number of hydrogen-bond acceptors (Lipinski definition) is 0. The van der Waals surface area contributed by atoms with E-state index in [1.54, 1.807) is 0 Å². The molecule has 0 aliphatic heterocycles. The molecule has 0 atom stereocenters. The fraction of sp³-hybridized carbons (Fsp3) is 0.545. The molecule has 23 heavy (non-hydrogen) atoms. The zero-order chi connectivity index (χ0) is 16.3. The first-order valence-corrected chi connectivity index (χ1v) is 9.61. The third-order valence-electron chi connectivity index (χ3n) is 4.62. The first kappa shape index (κ1) is 17.8. The van der Waals surface area contributed by atoms with Gasteiger partial charge in [-0.1, -0.05) is 82.7 Å². The van der Waals surface area contributed by atoms with Crippen molar-refractivity contribution in [2.75, 3.05) is 0 Å². The minimum Gasteiger partial charge on any atom is -0.362 e. The number of nitrogens with one attached hydrogen (secondary N) is 1. The summed E-state index contributed by atoms with van der Waals surface area (Å²) in [4.78, 5) is 3.73. The molecule has 1 aromatic carbocycles. The number of aryl methyl sites for hydroxylation is 2. The maximum absolute atomic E-state index is 3.73. The van der Waals surface area contributed by atoms with E-state index in [2.05, 4.69) is 55.2 Å². The van der Waals surface area contributed by atoms with Gasteiger partial charge in [0, 0.05) is 17.0 Å². The van der Waals surface area contributed by atoms with Crippen molar-refractivity contribution in [3.63, 3.8) is 0 Å². The van der Waals surface area contributed by atoms with Crippen LogP contribution in [-0.4, -0.2) is 4.98 Å². The summed E-state index contributed by atoms with van der Waals surface area (Å²) in [5.41, 5.74) is 5.64. The second-order valence-electron chi connectivity index (χ2n) is 6.67. The molecule has 0 aliphatic rings. The van der Waals surface area contributed by atoms with Crippen molar-refractivity contribution in [1.29, 1.82) is 0 Å². The number of H-pyrrole nitrogens is 1. The Morgan fingerprint density at radius 3 is 2.04 bits per heavy atom. The molecule has 1 heteroatoms. The minimum atomic E-state index is 1.18. The number of aromatic amines is 1. The van der Waals surface area contributed by atoms with Gasteiger partial charge in [-0.05, 0) is 37.3 Å². The van der Waals surface area contributed by atoms with Crippen molar-refractivity contribution in [2.45, 2.75) is 78.1 Å². The fourth-order valence-corrected chi connectivity index (χ4v) is 3.24. The molecule has 0 aliphatic carbocycles. The molecular formula is C22H33N. The van der Waals surface area contributed by atoms with Gasteiger partial charge < -0.3 is 4.98 Å². The number of hydrogen-bond donors (Lipinski definition) is 1. The molecule has 126 valence electrons. The number of rotatable bonds is 11. The van der Waals surface area contributed by atoms with Crippen LogP contribution in [0.2, 0.25) is 0 Å². The highest BCUT2D eigenvalue weighted by Gasteiger charge is 2.10. The van der Waals surface area contributed by atoms with E-state index in [1.165, 1.54) is 86.7 Å². The standard InChI is InChI=1S/C22H33N/c1-3-5-7-12-16-20-18-21(19-14-10-9-11-15-19)22(23-20)17-13-8-6-4-2/h9-11,14-15,18,23H,3-8,12-13,16-17H2,1-2H3. The summed E-state index contributed by atoms with van der Waals surface area (Å²) in [6, 6.07) is 13.3. The molecule has 0 saturated heterocycles. The van der Waals surface area contributed by atoms with E-state index >= 15 is 0 Å². The Morgan fingerprint density at radius 1 is 0.739 bits per heavy atom. The normalized spacial score (nSPS) is 11.0. The monoisotopic (exact) mass is 311 g/mol. The van der Waals surface area contributed by atoms with E-state index in [9.17, 15) is 0 Å². The molecule has 0 bridgehead atoms. The third-order valence-corrected chi connectivity index (χ3v) is 4.62. The molecule has 0 spiro atoms. The fourth-order valence-electron chi connectivity index (χ4n) is 3.24. The predicted octanol–water partition coefficient (Wildman–Crippen LogP) is 6.93. The van der Waals surface area contributed by atoms with Gasteiger partial charge >= 0.3 is 0 Å². The van der Waals surface area contributed by atoms with Crippen molar-refractivity contribution < 1.29 is 0 Å². The van der Waals surface area contributed by atoms with E-state index in [0.29, 0.717) is 0 Å². The average Bonchev–Trinajstić information content (AvgIpc) is 2.99. The number of benzene rings is 1. The van der Waals surface area contributed by atoms with Gasteiger partial charge in [-0.25, -0.2) is 0 Å². The second kappa shape index (κ2) is 10.3. The number of unbranched alkanes of at least 4 members (excludes halogenated alkanes) is 6. The highest BCUT2D eigenvalue weighted by Crippen LogP contribution is 2.27.